The minimum absolute atomic E-state index is 0.222. The van der Waals surface area contributed by atoms with Crippen molar-refractivity contribution in [3.8, 4) is 11.8 Å². The number of pyridine rings is 1. The molecular formula is C10H9N5O3. The van der Waals surface area contributed by atoms with E-state index >= 15 is 0 Å². The second kappa shape index (κ2) is 6.08. The topological polar surface area (TPSA) is 125 Å². The highest BCUT2D eigenvalue weighted by Crippen LogP contribution is 2.14. The first kappa shape index (κ1) is 13.3. The lowest BCUT2D eigenvalue weighted by Crippen LogP contribution is -2.13. The van der Waals surface area contributed by atoms with Crippen LogP contribution in [0.15, 0.2) is 16.1 Å². The molecule has 0 aromatic carbocycles. The van der Waals surface area contributed by atoms with Crippen LogP contribution >= 0.6 is 0 Å². The summed E-state index contributed by atoms with van der Waals surface area (Å²) in [6.45, 7) is 1.69. The zero-order valence-electron chi connectivity index (χ0n) is 9.51. The smallest absolute Gasteiger partial charge is 0.322 e. The zero-order chi connectivity index (χ0) is 13.5. The molecule has 0 radical (unpaired) electrons. The average Bonchev–Trinajstić information content (AvgIpc) is 2.31. The van der Waals surface area contributed by atoms with Crippen LogP contribution in [0.4, 0.5) is 5.69 Å². The van der Waals surface area contributed by atoms with Gasteiger partial charge in [0.05, 0.1) is 10.5 Å². The predicted octanol–water partition coefficient (Wildman–Crippen LogP) is 1.64. The lowest BCUT2D eigenvalue weighted by molar-refractivity contribution is -0.386. The number of H-pyrrole nitrogens is 1. The summed E-state index contributed by atoms with van der Waals surface area (Å²) >= 11 is 0. The molecule has 0 aliphatic rings. The summed E-state index contributed by atoms with van der Waals surface area (Å²) in [5.41, 5.74) is 7.39. The van der Waals surface area contributed by atoms with E-state index in [1.165, 1.54) is 13.1 Å². The Morgan fingerprint density at radius 2 is 2.39 bits per heavy atom. The van der Waals surface area contributed by atoms with Crippen molar-refractivity contribution in [1.29, 1.82) is 0 Å². The quantitative estimate of drug-likeness (QED) is 0.166. The third-order valence-electron chi connectivity index (χ3n) is 2.13. The van der Waals surface area contributed by atoms with Crippen LogP contribution in [0.25, 0.3) is 10.4 Å². The van der Waals surface area contributed by atoms with E-state index in [4.69, 9.17) is 5.53 Å². The van der Waals surface area contributed by atoms with Gasteiger partial charge in [0, 0.05) is 29.6 Å². The lowest BCUT2D eigenvalue weighted by atomic mass is 10.1. The van der Waals surface area contributed by atoms with Crippen molar-refractivity contribution < 1.29 is 4.92 Å². The summed E-state index contributed by atoms with van der Waals surface area (Å²) in [6, 6.07) is 0. The molecule has 18 heavy (non-hydrogen) atoms. The summed E-state index contributed by atoms with van der Waals surface area (Å²) in [7, 11) is 0. The number of azide groups is 1. The van der Waals surface area contributed by atoms with Crippen LogP contribution in [0.2, 0.25) is 0 Å². The standard InChI is InChI=1S/C10H9N5O3/c1-7-8(4-2-3-5-13-14-11)6-12-10(16)9(7)15(17)18/h6H,3,5H2,1H3,(H,12,16). The van der Waals surface area contributed by atoms with E-state index in [1.54, 1.807) is 0 Å². The van der Waals surface area contributed by atoms with E-state index in [9.17, 15) is 14.9 Å². The van der Waals surface area contributed by atoms with Gasteiger partial charge in [-0.3, -0.25) is 14.9 Å². The number of aromatic nitrogens is 1. The molecule has 0 spiro atoms. The van der Waals surface area contributed by atoms with Crippen molar-refractivity contribution in [3.05, 3.63) is 48.2 Å². The molecule has 0 amide bonds. The van der Waals surface area contributed by atoms with Gasteiger partial charge in [-0.25, -0.2) is 0 Å². The van der Waals surface area contributed by atoms with Gasteiger partial charge in [0.25, 0.3) is 0 Å². The first-order valence-electron chi connectivity index (χ1n) is 4.94. The highest BCUT2D eigenvalue weighted by Gasteiger charge is 2.18. The molecule has 0 saturated carbocycles. The molecule has 0 saturated heterocycles. The fourth-order valence-corrected chi connectivity index (χ4v) is 1.27. The molecule has 0 atom stereocenters. The number of hydrogen-bond donors (Lipinski definition) is 1. The summed E-state index contributed by atoms with van der Waals surface area (Å²) in [5.74, 6) is 5.39. The van der Waals surface area contributed by atoms with Crippen LogP contribution in [-0.2, 0) is 0 Å². The van der Waals surface area contributed by atoms with Crippen LogP contribution in [0.1, 0.15) is 17.5 Å². The maximum Gasteiger partial charge on any atom is 0.337 e. The summed E-state index contributed by atoms with van der Waals surface area (Å²) in [6.07, 6.45) is 1.67. The Bertz CT molecular complexity index is 631. The molecule has 1 aromatic rings. The highest BCUT2D eigenvalue weighted by atomic mass is 16.6. The van der Waals surface area contributed by atoms with Crippen LogP contribution in [0, 0.1) is 28.9 Å². The van der Waals surface area contributed by atoms with E-state index in [0.29, 0.717) is 12.0 Å². The van der Waals surface area contributed by atoms with E-state index in [1.807, 2.05) is 0 Å². The Hall–Kier alpha value is -2.78. The molecule has 0 unspecified atom stereocenters. The number of aromatic amines is 1. The van der Waals surface area contributed by atoms with Crippen LogP contribution in [-0.4, -0.2) is 16.5 Å². The Balaban J connectivity index is 3.05. The third kappa shape index (κ3) is 3.10. The van der Waals surface area contributed by atoms with Gasteiger partial charge in [0.1, 0.15) is 0 Å². The Morgan fingerprint density at radius 3 is 3.00 bits per heavy atom. The molecule has 0 aliphatic carbocycles. The SMILES string of the molecule is Cc1c(C#CCCN=[N+]=[N-])c[nH]c(=O)c1[N+](=O)[O-]. The molecule has 1 heterocycles. The fourth-order valence-electron chi connectivity index (χ4n) is 1.27. The number of hydrogen-bond acceptors (Lipinski definition) is 4. The van der Waals surface area contributed by atoms with Crippen molar-refractivity contribution in [1.82, 2.24) is 4.98 Å². The molecule has 0 aliphatic heterocycles. The van der Waals surface area contributed by atoms with Crippen LogP contribution in [0.5, 0.6) is 0 Å². The molecule has 0 fully saturated rings. The first-order valence-corrected chi connectivity index (χ1v) is 4.94. The van der Waals surface area contributed by atoms with Gasteiger partial charge in [-0.2, -0.15) is 0 Å². The van der Waals surface area contributed by atoms with Gasteiger partial charge >= 0.3 is 11.2 Å². The van der Waals surface area contributed by atoms with Gasteiger partial charge in [-0.15, -0.1) is 0 Å². The second-order valence-electron chi connectivity index (χ2n) is 3.27. The maximum absolute atomic E-state index is 11.2. The van der Waals surface area contributed by atoms with Gasteiger partial charge < -0.3 is 4.98 Å². The van der Waals surface area contributed by atoms with E-state index in [-0.39, 0.29) is 12.1 Å². The van der Waals surface area contributed by atoms with Crippen molar-refractivity contribution >= 4 is 5.69 Å². The Labute approximate surface area is 101 Å². The molecule has 1 aromatic heterocycles. The molecule has 0 bridgehead atoms. The summed E-state index contributed by atoms with van der Waals surface area (Å²) < 4.78 is 0. The Kier molecular flexibility index (Phi) is 4.49. The number of nitrogens with zero attached hydrogens (tertiary/aromatic N) is 4. The Morgan fingerprint density at radius 1 is 1.67 bits per heavy atom. The van der Waals surface area contributed by atoms with Gasteiger partial charge in [-0.05, 0) is 12.5 Å². The normalized spacial score (nSPS) is 8.94. The van der Waals surface area contributed by atoms with Gasteiger partial charge in [0.2, 0.25) is 0 Å². The fraction of sp³-hybridized carbons (Fsp3) is 0.300. The van der Waals surface area contributed by atoms with Crippen LogP contribution < -0.4 is 5.56 Å². The van der Waals surface area contributed by atoms with E-state index in [2.05, 4.69) is 26.9 Å². The molecule has 8 nitrogen and oxygen atoms in total. The highest BCUT2D eigenvalue weighted by molar-refractivity contribution is 5.49. The molecule has 8 heteroatoms. The minimum atomic E-state index is -0.753. The lowest BCUT2D eigenvalue weighted by Gasteiger charge is -1.98. The average molecular weight is 247 g/mol. The molecule has 92 valence electrons. The van der Waals surface area contributed by atoms with Gasteiger partial charge in [-0.1, -0.05) is 17.0 Å². The zero-order valence-corrected chi connectivity index (χ0v) is 9.51. The number of rotatable bonds is 3. The van der Waals surface area contributed by atoms with E-state index in [0.717, 1.165) is 0 Å². The molecule has 1 N–H and O–H groups in total. The van der Waals surface area contributed by atoms with Crippen molar-refractivity contribution in [2.24, 2.45) is 5.11 Å². The first-order chi connectivity index (χ1) is 8.57. The molecule has 1 rings (SSSR count). The maximum atomic E-state index is 11.2. The predicted molar refractivity (Wildman–Crippen MR) is 64.0 cm³/mol. The monoisotopic (exact) mass is 247 g/mol. The number of nitrogens with one attached hydrogen (secondary N) is 1. The van der Waals surface area contributed by atoms with Crippen molar-refractivity contribution in [3.63, 3.8) is 0 Å². The number of nitro groups is 1. The van der Waals surface area contributed by atoms with Crippen molar-refractivity contribution in [2.75, 3.05) is 6.54 Å². The molecular weight excluding hydrogens is 238 g/mol. The van der Waals surface area contributed by atoms with Crippen molar-refractivity contribution in [2.45, 2.75) is 13.3 Å². The largest absolute Gasteiger partial charge is 0.337 e. The minimum Gasteiger partial charge on any atom is -0.322 e. The second-order valence-corrected chi connectivity index (χ2v) is 3.27. The van der Waals surface area contributed by atoms with Gasteiger partial charge in [0.15, 0.2) is 0 Å². The third-order valence-corrected chi connectivity index (χ3v) is 2.13. The summed E-state index contributed by atoms with van der Waals surface area (Å²) in [5, 5.41) is 14.0. The van der Waals surface area contributed by atoms with Crippen LogP contribution in [0.3, 0.4) is 0 Å². The summed E-state index contributed by atoms with van der Waals surface area (Å²) in [4.78, 5) is 26.0. The van der Waals surface area contributed by atoms with E-state index < -0.39 is 16.2 Å².